The lowest BCUT2D eigenvalue weighted by atomic mass is 9.95. The number of hydrogen-bond acceptors (Lipinski definition) is 7. The Morgan fingerprint density at radius 3 is 2.32 bits per heavy atom. The Labute approximate surface area is 217 Å². The molecule has 9 heteroatoms. The van der Waals surface area contributed by atoms with E-state index >= 15 is 0 Å². The second-order valence-corrected chi connectivity index (χ2v) is 9.60. The van der Waals surface area contributed by atoms with Gasteiger partial charge in [-0.2, -0.15) is 0 Å². The number of anilines is 1. The maximum atomic E-state index is 13.4. The summed E-state index contributed by atoms with van der Waals surface area (Å²) in [4.78, 5) is 38.0. The van der Waals surface area contributed by atoms with E-state index in [4.69, 9.17) is 14.2 Å². The number of carbonyl (C=O) groups excluding carboxylic acids is 2. The van der Waals surface area contributed by atoms with Crippen molar-refractivity contribution in [3.05, 3.63) is 45.6 Å². The zero-order chi connectivity index (χ0) is 27.3. The van der Waals surface area contributed by atoms with Crippen molar-refractivity contribution >= 4 is 17.5 Å². The first-order valence-corrected chi connectivity index (χ1v) is 12.4. The molecule has 3 N–H and O–H groups in total. The smallest absolute Gasteiger partial charge is 0.242 e. The highest BCUT2D eigenvalue weighted by molar-refractivity contribution is 5.85. The maximum Gasteiger partial charge on any atom is 0.242 e. The van der Waals surface area contributed by atoms with E-state index in [2.05, 4.69) is 16.0 Å². The van der Waals surface area contributed by atoms with Gasteiger partial charge in [-0.25, -0.2) is 0 Å². The van der Waals surface area contributed by atoms with Gasteiger partial charge in [-0.3, -0.25) is 14.4 Å². The molecule has 0 fully saturated rings. The van der Waals surface area contributed by atoms with Gasteiger partial charge in [0.1, 0.15) is 6.04 Å². The average molecular weight is 512 g/mol. The highest BCUT2D eigenvalue weighted by atomic mass is 16.5. The number of aryl methyl sites for hydroxylation is 1. The molecule has 1 aliphatic carbocycles. The largest absolute Gasteiger partial charge is 0.493 e. The molecule has 37 heavy (non-hydrogen) atoms. The second kappa shape index (κ2) is 12.0. The van der Waals surface area contributed by atoms with Crippen LogP contribution in [-0.2, 0) is 16.0 Å². The summed E-state index contributed by atoms with van der Waals surface area (Å²) in [6, 6.07) is 5.91. The summed E-state index contributed by atoms with van der Waals surface area (Å²) in [5, 5.41) is 8.92. The number of benzene rings is 1. The zero-order valence-electron chi connectivity index (χ0n) is 22.6. The van der Waals surface area contributed by atoms with Crippen molar-refractivity contribution in [2.45, 2.75) is 52.6 Å². The minimum absolute atomic E-state index is 0.193. The molecule has 9 nitrogen and oxygen atoms in total. The molecule has 3 rings (SSSR count). The zero-order valence-corrected chi connectivity index (χ0v) is 22.6. The molecule has 2 aromatic rings. The van der Waals surface area contributed by atoms with Gasteiger partial charge < -0.3 is 30.2 Å². The van der Waals surface area contributed by atoms with Crippen LogP contribution in [0, 0.1) is 5.92 Å². The third-order valence-corrected chi connectivity index (χ3v) is 6.37. The van der Waals surface area contributed by atoms with E-state index < -0.39 is 12.1 Å². The summed E-state index contributed by atoms with van der Waals surface area (Å²) in [5.41, 5.74) is 3.09. The quantitative estimate of drug-likeness (QED) is 0.472. The van der Waals surface area contributed by atoms with Gasteiger partial charge in [0.15, 0.2) is 11.5 Å². The topological polar surface area (TPSA) is 115 Å². The molecule has 0 aliphatic heterocycles. The first-order chi connectivity index (χ1) is 17.6. The highest BCUT2D eigenvalue weighted by Gasteiger charge is 2.29. The van der Waals surface area contributed by atoms with Crippen LogP contribution in [0.4, 0.5) is 5.69 Å². The van der Waals surface area contributed by atoms with E-state index in [0.717, 1.165) is 16.7 Å². The van der Waals surface area contributed by atoms with Crippen molar-refractivity contribution in [1.82, 2.24) is 10.6 Å². The van der Waals surface area contributed by atoms with E-state index in [-0.39, 0.29) is 22.9 Å². The van der Waals surface area contributed by atoms with Gasteiger partial charge >= 0.3 is 0 Å². The predicted octanol–water partition coefficient (Wildman–Crippen LogP) is 3.44. The Kier molecular flexibility index (Phi) is 9.02. The van der Waals surface area contributed by atoms with Gasteiger partial charge in [0, 0.05) is 19.0 Å². The molecule has 0 aromatic heterocycles. The van der Waals surface area contributed by atoms with Crippen molar-refractivity contribution in [1.29, 1.82) is 0 Å². The number of rotatable bonds is 9. The SMILES string of the molecule is COc1cc2c(c(OC)c1OC)-c1ccc(N[C@H](C)C(=O)NCC(C)C)c(=O)cc1[C@H](NC(C)=O)CC2. The highest BCUT2D eigenvalue weighted by Crippen LogP contribution is 2.50. The number of carbonyl (C=O) groups is 2. The molecule has 0 saturated heterocycles. The molecule has 2 aromatic carbocycles. The molecular weight excluding hydrogens is 474 g/mol. The Morgan fingerprint density at radius 2 is 1.73 bits per heavy atom. The summed E-state index contributed by atoms with van der Waals surface area (Å²) < 4.78 is 17.0. The lowest BCUT2D eigenvalue weighted by Gasteiger charge is -2.19. The maximum absolute atomic E-state index is 13.4. The summed E-state index contributed by atoms with van der Waals surface area (Å²) in [6.07, 6.45) is 1.18. The Balaban J connectivity index is 2.19. The monoisotopic (exact) mass is 511 g/mol. The van der Waals surface area contributed by atoms with Gasteiger partial charge in [0.2, 0.25) is 23.0 Å². The lowest BCUT2D eigenvalue weighted by Crippen LogP contribution is -2.39. The summed E-state index contributed by atoms with van der Waals surface area (Å²) >= 11 is 0. The molecule has 0 bridgehead atoms. The number of hydrogen-bond donors (Lipinski definition) is 3. The first-order valence-electron chi connectivity index (χ1n) is 12.4. The summed E-state index contributed by atoms with van der Waals surface area (Å²) in [6.45, 7) is 7.74. The van der Waals surface area contributed by atoms with Crippen LogP contribution in [0.1, 0.15) is 51.3 Å². The summed E-state index contributed by atoms with van der Waals surface area (Å²) in [5.74, 6) is 1.38. The fraction of sp³-hybridized carbons (Fsp3) is 0.464. The van der Waals surface area contributed by atoms with Crippen LogP contribution in [0.5, 0.6) is 17.2 Å². The van der Waals surface area contributed by atoms with Crippen LogP contribution in [0.2, 0.25) is 0 Å². The Bertz CT molecular complexity index is 1230. The van der Waals surface area contributed by atoms with Crippen molar-refractivity contribution in [3.8, 4) is 28.4 Å². The lowest BCUT2D eigenvalue weighted by molar-refractivity contribution is -0.121. The standard InChI is InChI=1S/C28H37N3O6/c1-15(2)14-29-28(34)16(3)30-22-11-9-19-20(13-23(22)33)21(31-17(4)32)10-8-18-12-24(35-5)26(36-6)27(37-7)25(18)19/h9,11-13,15-16,21H,8,10,14H2,1-7H3,(H,29,34)(H,30,33)(H,31,32)/t16-,21-/m1/s1. The first kappa shape index (κ1) is 27.8. The number of ether oxygens (including phenoxy) is 3. The van der Waals surface area contributed by atoms with Crippen molar-refractivity contribution < 1.29 is 23.8 Å². The molecule has 200 valence electrons. The van der Waals surface area contributed by atoms with Gasteiger partial charge in [-0.05, 0) is 60.6 Å². The van der Waals surface area contributed by atoms with Crippen LogP contribution < -0.4 is 35.6 Å². The molecule has 0 heterocycles. The van der Waals surface area contributed by atoms with Crippen LogP contribution in [0.25, 0.3) is 11.1 Å². The van der Waals surface area contributed by atoms with E-state index in [0.29, 0.717) is 48.1 Å². The molecular formula is C28H37N3O6. The second-order valence-electron chi connectivity index (χ2n) is 9.60. The van der Waals surface area contributed by atoms with Crippen LogP contribution in [-0.4, -0.2) is 45.7 Å². The van der Waals surface area contributed by atoms with Gasteiger partial charge in [0.05, 0.1) is 33.1 Å². The predicted molar refractivity (Wildman–Crippen MR) is 144 cm³/mol. The Hall–Kier alpha value is -3.75. The third kappa shape index (κ3) is 6.15. The third-order valence-electron chi connectivity index (χ3n) is 6.37. The van der Waals surface area contributed by atoms with Gasteiger partial charge in [-0.15, -0.1) is 0 Å². The van der Waals surface area contributed by atoms with Gasteiger partial charge in [0.25, 0.3) is 0 Å². The molecule has 0 saturated carbocycles. The minimum atomic E-state index is -0.619. The van der Waals surface area contributed by atoms with E-state index in [1.807, 2.05) is 26.0 Å². The fourth-order valence-corrected chi connectivity index (χ4v) is 4.58. The number of amides is 2. The number of methoxy groups -OCH3 is 3. The van der Waals surface area contributed by atoms with Crippen LogP contribution >= 0.6 is 0 Å². The van der Waals surface area contributed by atoms with Crippen molar-refractivity contribution in [3.63, 3.8) is 0 Å². The molecule has 1 aliphatic rings. The molecule has 2 atom stereocenters. The molecule has 2 amide bonds. The van der Waals surface area contributed by atoms with E-state index in [9.17, 15) is 14.4 Å². The Morgan fingerprint density at radius 1 is 1.03 bits per heavy atom. The molecule has 0 spiro atoms. The van der Waals surface area contributed by atoms with Crippen LogP contribution in [0.3, 0.4) is 0 Å². The van der Waals surface area contributed by atoms with E-state index in [1.165, 1.54) is 13.0 Å². The van der Waals surface area contributed by atoms with E-state index in [1.54, 1.807) is 34.3 Å². The molecule has 0 radical (unpaired) electrons. The van der Waals surface area contributed by atoms with Gasteiger partial charge in [-0.1, -0.05) is 19.9 Å². The van der Waals surface area contributed by atoms with Crippen molar-refractivity contribution in [2.24, 2.45) is 5.92 Å². The average Bonchev–Trinajstić information content (AvgIpc) is 3.10. The number of fused-ring (bicyclic) bond motifs is 3. The van der Waals surface area contributed by atoms with Crippen LogP contribution in [0.15, 0.2) is 29.1 Å². The minimum Gasteiger partial charge on any atom is -0.493 e. The molecule has 0 unspecified atom stereocenters. The van der Waals surface area contributed by atoms with Crippen molar-refractivity contribution in [2.75, 3.05) is 33.2 Å². The fourth-order valence-electron chi connectivity index (χ4n) is 4.58. The summed E-state index contributed by atoms with van der Waals surface area (Å²) in [7, 11) is 4.66. The normalized spacial score (nSPS) is 15.0. The number of nitrogens with one attached hydrogen (secondary N) is 3.